The van der Waals surface area contributed by atoms with E-state index in [-0.39, 0.29) is 5.91 Å². The zero-order valence-corrected chi connectivity index (χ0v) is 19.7. The zero-order valence-electron chi connectivity index (χ0n) is 18.1. The first-order valence-electron chi connectivity index (χ1n) is 10.5. The molecule has 1 fully saturated rings. The first-order chi connectivity index (χ1) is 15.8. The minimum absolute atomic E-state index is 0.0773. The Morgan fingerprint density at radius 1 is 1.18 bits per heavy atom. The summed E-state index contributed by atoms with van der Waals surface area (Å²) in [5, 5.41) is 1.43. The first-order valence-corrected chi connectivity index (χ1v) is 11.9. The van der Waals surface area contributed by atoms with E-state index >= 15 is 0 Å². The van der Waals surface area contributed by atoms with Gasteiger partial charge in [0.05, 0.1) is 17.2 Å². The van der Waals surface area contributed by atoms with Crippen LogP contribution in [0.15, 0.2) is 48.8 Å². The van der Waals surface area contributed by atoms with Crippen molar-refractivity contribution in [2.24, 2.45) is 5.73 Å². The van der Waals surface area contributed by atoms with Crippen LogP contribution in [0.3, 0.4) is 0 Å². The first kappa shape index (κ1) is 23.4. The van der Waals surface area contributed by atoms with Crippen molar-refractivity contribution in [3.8, 4) is 0 Å². The second-order valence-electron chi connectivity index (χ2n) is 7.88. The lowest BCUT2D eigenvalue weighted by atomic mass is 10.1. The van der Waals surface area contributed by atoms with E-state index in [9.17, 15) is 13.6 Å². The summed E-state index contributed by atoms with van der Waals surface area (Å²) in [6.07, 6.45) is 1.96. The predicted octanol–water partition coefficient (Wildman–Crippen LogP) is 2.07. The van der Waals surface area contributed by atoms with Crippen LogP contribution in [0.5, 0.6) is 0 Å². The second-order valence-corrected chi connectivity index (χ2v) is 9.32. The Morgan fingerprint density at radius 2 is 1.88 bits per heavy atom. The molecule has 9 nitrogen and oxygen atoms in total. The maximum atomic E-state index is 12.9. The van der Waals surface area contributed by atoms with Crippen molar-refractivity contribution in [1.29, 1.82) is 0 Å². The quantitative estimate of drug-likeness (QED) is 0.510. The third kappa shape index (κ3) is 5.25. The number of amides is 1. The van der Waals surface area contributed by atoms with Crippen molar-refractivity contribution in [1.82, 2.24) is 14.9 Å². The van der Waals surface area contributed by atoms with Crippen molar-refractivity contribution in [3.63, 3.8) is 0 Å². The summed E-state index contributed by atoms with van der Waals surface area (Å²) in [5.41, 5.74) is 8.49. The van der Waals surface area contributed by atoms with Gasteiger partial charge in [-0.15, -0.1) is 0 Å². The highest BCUT2D eigenvalue weighted by Gasteiger charge is 2.27. The van der Waals surface area contributed by atoms with Crippen LogP contribution < -0.4 is 14.9 Å². The van der Waals surface area contributed by atoms with Crippen LogP contribution in [0.1, 0.15) is 5.56 Å². The van der Waals surface area contributed by atoms with E-state index in [1.807, 2.05) is 12.1 Å². The van der Waals surface area contributed by atoms with Gasteiger partial charge in [0, 0.05) is 43.6 Å². The number of carbonyl (C=O) groups excluding carboxylic acids is 1. The molecule has 174 valence electrons. The summed E-state index contributed by atoms with van der Waals surface area (Å²) in [7, 11) is 1.54. The summed E-state index contributed by atoms with van der Waals surface area (Å²) >= 11 is 3.79. The number of rotatable bonds is 6. The minimum atomic E-state index is -2.13. The van der Waals surface area contributed by atoms with Crippen LogP contribution in [-0.2, 0) is 22.5 Å². The van der Waals surface area contributed by atoms with Gasteiger partial charge in [-0.3, -0.25) is 13.7 Å². The summed E-state index contributed by atoms with van der Waals surface area (Å²) in [5.74, 6) is 0.656. The Labute approximate surface area is 199 Å². The van der Waals surface area contributed by atoms with Crippen LogP contribution >= 0.6 is 11.6 Å². The van der Waals surface area contributed by atoms with Gasteiger partial charge < -0.3 is 15.5 Å². The molecule has 0 bridgehead atoms. The van der Waals surface area contributed by atoms with Gasteiger partial charge in [0.1, 0.15) is 12.1 Å². The van der Waals surface area contributed by atoms with Crippen LogP contribution in [0.2, 0.25) is 5.02 Å². The number of nitrogens with zero attached hydrogens (tertiary/aromatic N) is 5. The number of carbonyl (C=O) groups is 1. The normalized spacial score (nSPS) is 16.0. The fraction of sp³-hybridized carbons (Fsp3) is 0.318. The van der Waals surface area contributed by atoms with E-state index < -0.39 is 17.3 Å². The molecule has 1 aliphatic rings. The molecular formula is C22H25ClN6O3S. The Bertz CT molecular complexity index is 1170. The molecule has 0 aliphatic carbocycles. The van der Waals surface area contributed by atoms with E-state index in [0.717, 1.165) is 22.3 Å². The number of hydrogen-bond donors (Lipinski definition) is 2. The molecule has 1 saturated heterocycles. The molecule has 1 aliphatic heterocycles. The summed E-state index contributed by atoms with van der Waals surface area (Å²) in [6, 6.07) is 12.1. The van der Waals surface area contributed by atoms with Crippen molar-refractivity contribution < 1.29 is 13.6 Å². The highest BCUT2D eigenvalue weighted by molar-refractivity contribution is 7.80. The minimum Gasteiger partial charge on any atom is -0.352 e. The molecule has 33 heavy (non-hydrogen) atoms. The molecule has 3 aromatic rings. The summed E-state index contributed by atoms with van der Waals surface area (Å²) in [6.45, 7) is 2.24. The lowest BCUT2D eigenvalue weighted by Crippen LogP contribution is -2.53. The number of nitrogens with two attached hydrogens (primary N) is 1. The number of hydrogen-bond acceptors (Lipinski definition) is 6. The molecule has 1 unspecified atom stereocenters. The maximum absolute atomic E-state index is 12.9. The monoisotopic (exact) mass is 488 g/mol. The lowest BCUT2D eigenvalue weighted by Gasteiger charge is -2.36. The number of anilines is 2. The van der Waals surface area contributed by atoms with Crippen LogP contribution in [0.25, 0.3) is 10.9 Å². The topological polar surface area (TPSA) is 116 Å². The van der Waals surface area contributed by atoms with E-state index in [4.69, 9.17) is 17.3 Å². The van der Waals surface area contributed by atoms with Crippen molar-refractivity contribution in [3.05, 3.63) is 59.4 Å². The Hall–Kier alpha value is -2.79. The lowest BCUT2D eigenvalue weighted by molar-refractivity contribution is -0.132. The number of halogens is 1. The van der Waals surface area contributed by atoms with Gasteiger partial charge in [0.15, 0.2) is 0 Å². The van der Waals surface area contributed by atoms with E-state index in [1.54, 1.807) is 42.3 Å². The van der Waals surface area contributed by atoms with E-state index in [0.29, 0.717) is 43.3 Å². The highest BCUT2D eigenvalue weighted by Crippen LogP contribution is 2.28. The highest BCUT2D eigenvalue weighted by atomic mass is 35.5. The van der Waals surface area contributed by atoms with Gasteiger partial charge in [-0.1, -0.05) is 23.7 Å². The fourth-order valence-electron chi connectivity index (χ4n) is 3.90. The standard InChI is InChI=1S/C22H25ClN6O3S/c1-27(33(31)32)17-6-7-20-18(13-17)21(26-14-25-20)28-8-10-29(11-9-28)22(30)19(24)12-15-2-4-16(23)5-3-15/h2-7,13-14,19H,8-12,24H2,1H3,(H,31,32)/t19-/m1/s1. The molecule has 0 spiro atoms. The maximum Gasteiger partial charge on any atom is 0.261 e. The van der Waals surface area contributed by atoms with Gasteiger partial charge in [-0.2, -0.15) is 0 Å². The molecule has 2 atom stereocenters. The molecule has 11 heteroatoms. The third-order valence-electron chi connectivity index (χ3n) is 5.77. The van der Waals surface area contributed by atoms with Crippen LogP contribution in [0, 0.1) is 0 Å². The molecule has 2 heterocycles. The van der Waals surface area contributed by atoms with Gasteiger partial charge >= 0.3 is 0 Å². The molecule has 4 rings (SSSR count). The predicted molar refractivity (Wildman–Crippen MR) is 131 cm³/mol. The van der Waals surface area contributed by atoms with Gasteiger partial charge in [0.2, 0.25) is 5.91 Å². The van der Waals surface area contributed by atoms with Crippen molar-refractivity contribution in [2.75, 3.05) is 42.4 Å². The third-order valence-corrected chi connectivity index (χ3v) is 6.70. The number of fused-ring (bicyclic) bond motifs is 1. The van der Waals surface area contributed by atoms with Crippen LogP contribution in [-0.4, -0.2) is 68.8 Å². The number of aromatic nitrogens is 2. The van der Waals surface area contributed by atoms with Gasteiger partial charge in [-0.05, 0) is 42.3 Å². The number of benzene rings is 2. The second kappa shape index (κ2) is 10.0. The smallest absolute Gasteiger partial charge is 0.261 e. The number of piperazine rings is 1. The molecule has 0 radical (unpaired) electrons. The van der Waals surface area contributed by atoms with Crippen molar-refractivity contribution in [2.45, 2.75) is 12.5 Å². The van der Waals surface area contributed by atoms with E-state index in [2.05, 4.69) is 14.9 Å². The Kier molecular flexibility index (Phi) is 7.08. The molecule has 2 aromatic carbocycles. The fourth-order valence-corrected chi connectivity index (χ4v) is 4.32. The molecule has 3 N–H and O–H groups in total. The summed E-state index contributed by atoms with van der Waals surface area (Å²) in [4.78, 5) is 25.5. The summed E-state index contributed by atoms with van der Waals surface area (Å²) < 4.78 is 22.1. The van der Waals surface area contributed by atoms with Gasteiger partial charge in [-0.25, -0.2) is 14.2 Å². The van der Waals surface area contributed by atoms with Crippen molar-refractivity contribution >= 4 is 51.2 Å². The molecule has 0 saturated carbocycles. The van der Waals surface area contributed by atoms with E-state index in [1.165, 1.54) is 10.6 Å². The average molecular weight is 489 g/mol. The molecular weight excluding hydrogens is 464 g/mol. The molecule has 1 amide bonds. The SMILES string of the molecule is CN(c1ccc2ncnc(N3CCN(C(=O)[C@H](N)Cc4ccc(Cl)cc4)CC3)c2c1)S(=O)O. The molecule has 1 aromatic heterocycles. The van der Waals surface area contributed by atoms with Crippen LogP contribution in [0.4, 0.5) is 11.5 Å². The Morgan fingerprint density at radius 3 is 2.55 bits per heavy atom. The largest absolute Gasteiger partial charge is 0.352 e. The van der Waals surface area contributed by atoms with Gasteiger partial charge in [0.25, 0.3) is 11.3 Å². The zero-order chi connectivity index (χ0) is 23.5. The Balaban J connectivity index is 1.45. The average Bonchev–Trinajstić information content (AvgIpc) is 2.83.